The molecule has 6 aromatic rings. The zero-order chi connectivity index (χ0) is 29.8. The summed E-state index contributed by atoms with van der Waals surface area (Å²) in [6.07, 6.45) is 9.04. The van der Waals surface area contributed by atoms with Gasteiger partial charge < -0.3 is 34.0 Å². The number of nitrogens with zero attached hydrogens (tertiary/aromatic N) is 4. The van der Waals surface area contributed by atoms with E-state index in [9.17, 15) is 20.2 Å². The van der Waals surface area contributed by atoms with Gasteiger partial charge in [-0.25, -0.2) is 0 Å². The topological polar surface area (TPSA) is 94.0 Å². The zero-order valence-corrected chi connectivity index (χ0v) is 28.5. The summed E-state index contributed by atoms with van der Waals surface area (Å²) < 4.78 is 7.07. The number of rotatable bonds is 10. The molecule has 8 nitrogen and oxygen atoms in total. The molecule has 0 radical (unpaired) electrons. The van der Waals surface area contributed by atoms with Crippen molar-refractivity contribution in [3.05, 3.63) is 138 Å². The molecule has 0 unspecified atom stereocenters. The number of halogens is 2. The van der Waals surface area contributed by atoms with Crippen molar-refractivity contribution in [2.24, 2.45) is 0 Å². The minimum absolute atomic E-state index is 0. The Bertz CT molecular complexity index is 1880. The molecule has 12 heteroatoms. The van der Waals surface area contributed by atoms with Crippen LogP contribution in [0.2, 0.25) is 0 Å². The summed E-state index contributed by atoms with van der Waals surface area (Å²) >= 11 is 3.45. The van der Waals surface area contributed by atoms with E-state index in [1.807, 2.05) is 24.3 Å². The van der Waals surface area contributed by atoms with Crippen LogP contribution in [0.5, 0.6) is 0 Å². The van der Waals surface area contributed by atoms with E-state index in [-0.39, 0.29) is 55.2 Å². The number of hydrogen-bond donors (Lipinski definition) is 0. The summed E-state index contributed by atoms with van der Waals surface area (Å²) in [6.45, 7) is 1.62. The number of thiazole rings is 2. The fraction of sp³-hybridized carbons (Fsp3) is 0.0909. The molecule has 0 fully saturated rings. The average molecular weight is 767 g/mol. The third-order valence-electron chi connectivity index (χ3n) is 7.08. The van der Waals surface area contributed by atoms with Gasteiger partial charge in [0.2, 0.25) is 11.0 Å². The van der Waals surface area contributed by atoms with Gasteiger partial charge in [0, 0.05) is 48.6 Å². The van der Waals surface area contributed by atoms with Crippen LogP contribution in [0.25, 0.3) is 44.7 Å². The van der Waals surface area contributed by atoms with Crippen LogP contribution >= 0.6 is 22.7 Å². The quantitative estimate of drug-likeness (QED) is 0.121. The standard InChI is InChI=1S/C33H26N4O4S2.2BrH/c38-36(39)26-16-10-24(11-17-26)14-20-32-34(28-6-1-3-8-30(28)42-32)22-5-23-35-29-7-2-4-9-31(29)43-33(35)21-15-25-12-18-27(19-13-25)37(40)41;;/h1-4,6-21H,5,22-23H2;2*1H/q+2;;/p-2/b20-14+,21-15+;;. The minimum Gasteiger partial charge on any atom is -1.00 e. The van der Waals surface area contributed by atoms with Gasteiger partial charge in [0.25, 0.3) is 21.4 Å². The Morgan fingerprint density at radius 3 is 1.31 bits per heavy atom. The lowest BCUT2D eigenvalue weighted by Crippen LogP contribution is -3.00. The Labute approximate surface area is 288 Å². The lowest BCUT2D eigenvalue weighted by molar-refractivity contribution is -0.699. The highest BCUT2D eigenvalue weighted by Crippen LogP contribution is 2.25. The molecule has 0 aliphatic heterocycles. The molecule has 0 N–H and O–H groups in total. The molecular weight excluding hydrogens is 740 g/mol. The van der Waals surface area contributed by atoms with Crippen molar-refractivity contribution >= 4 is 78.8 Å². The van der Waals surface area contributed by atoms with Gasteiger partial charge in [0.1, 0.15) is 9.40 Å². The molecule has 0 amide bonds. The van der Waals surface area contributed by atoms with Crippen LogP contribution in [0.1, 0.15) is 27.6 Å². The van der Waals surface area contributed by atoms with Crippen LogP contribution in [0.3, 0.4) is 0 Å². The molecular formula is C33H26Br2N4O4S2. The SMILES string of the molecule is O=[N+]([O-])c1ccc(/C=C/c2sc3ccccc3[n+]2CCC[n+]2c(/C=C/c3ccc([N+](=O)[O-])cc3)sc3ccccc32)cc1.[Br-].[Br-]. The predicted octanol–water partition coefficient (Wildman–Crippen LogP) is 1.95. The molecule has 0 saturated carbocycles. The number of para-hydroxylation sites is 2. The van der Waals surface area contributed by atoms with Crippen LogP contribution in [0.4, 0.5) is 11.4 Å². The van der Waals surface area contributed by atoms with Crippen LogP contribution in [0.15, 0.2) is 97.1 Å². The summed E-state index contributed by atoms with van der Waals surface area (Å²) in [5.41, 5.74) is 4.31. The number of nitro groups is 2. The highest BCUT2D eigenvalue weighted by Gasteiger charge is 2.22. The van der Waals surface area contributed by atoms with E-state index in [0.717, 1.165) is 40.7 Å². The van der Waals surface area contributed by atoms with Crippen molar-refractivity contribution in [2.75, 3.05) is 0 Å². The Hall–Kier alpha value is -4.10. The van der Waals surface area contributed by atoms with Crippen molar-refractivity contribution in [3.63, 3.8) is 0 Å². The fourth-order valence-corrected chi connectivity index (χ4v) is 7.13. The smallest absolute Gasteiger partial charge is 0.269 e. The highest BCUT2D eigenvalue weighted by molar-refractivity contribution is 7.19. The molecule has 0 bridgehead atoms. The third-order valence-corrected chi connectivity index (χ3v) is 9.34. The molecule has 0 aliphatic carbocycles. The number of nitro benzene ring substituents is 2. The fourth-order valence-electron chi connectivity index (χ4n) is 4.95. The molecule has 4 aromatic carbocycles. The van der Waals surface area contributed by atoms with E-state index in [2.05, 4.69) is 57.7 Å². The maximum atomic E-state index is 11.0. The first-order valence-corrected chi connectivity index (χ1v) is 15.3. The summed E-state index contributed by atoms with van der Waals surface area (Å²) in [4.78, 5) is 21.2. The first-order chi connectivity index (χ1) is 21.0. The summed E-state index contributed by atoms with van der Waals surface area (Å²) in [5.74, 6) is 0. The van der Waals surface area contributed by atoms with Crippen LogP contribution < -0.4 is 43.1 Å². The van der Waals surface area contributed by atoms with Crippen molar-refractivity contribution in [2.45, 2.75) is 19.5 Å². The lowest BCUT2D eigenvalue weighted by Gasteiger charge is -1.99. The second-order valence-corrected chi connectivity index (χ2v) is 12.0. The number of benzene rings is 4. The summed E-state index contributed by atoms with van der Waals surface area (Å²) in [5, 5.41) is 24.2. The second kappa shape index (κ2) is 15.3. The van der Waals surface area contributed by atoms with Gasteiger partial charge >= 0.3 is 0 Å². The van der Waals surface area contributed by atoms with Gasteiger partial charge in [-0.15, -0.1) is 0 Å². The molecule has 0 aliphatic rings. The molecule has 228 valence electrons. The van der Waals surface area contributed by atoms with Gasteiger partial charge in [0.05, 0.1) is 16.3 Å². The molecule has 0 spiro atoms. The summed E-state index contributed by atoms with van der Waals surface area (Å²) in [6, 6.07) is 29.9. The Kier molecular flexibility index (Phi) is 11.5. The van der Waals surface area contributed by atoms with E-state index >= 15 is 0 Å². The van der Waals surface area contributed by atoms with E-state index in [4.69, 9.17) is 0 Å². The van der Waals surface area contributed by atoms with Crippen molar-refractivity contribution in [3.8, 4) is 0 Å². The Morgan fingerprint density at radius 1 is 0.556 bits per heavy atom. The first-order valence-electron chi connectivity index (χ1n) is 13.6. The molecule has 2 aromatic heterocycles. The minimum atomic E-state index is -0.390. The number of aryl methyl sites for hydroxylation is 2. The zero-order valence-electron chi connectivity index (χ0n) is 23.7. The van der Waals surface area contributed by atoms with Crippen molar-refractivity contribution < 1.29 is 52.9 Å². The summed E-state index contributed by atoms with van der Waals surface area (Å²) in [7, 11) is 0. The molecule has 0 saturated heterocycles. The van der Waals surface area contributed by atoms with E-state index < -0.39 is 0 Å². The molecule has 6 rings (SSSR count). The first kappa shape index (κ1) is 33.8. The molecule has 0 atom stereocenters. The van der Waals surface area contributed by atoms with E-state index in [0.29, 0.717) is 0 Å². The normalized spacial score (nSPS) is 11.2. The number of non-ortho nitro benzene ring substituents is 2. The van der Waals surface area contributed by atoms with Crippen LogP contribution in [-0.4, -0.2) is 9.85 Å². The monoisotopic (exact) mass is 764 g/mol. The number of fused-ring (bicyclic) bond motifs is 2. The maximum absolute atomic E-state index is 11.0. The lowest BCUT2D eigenvalue weighted by atomic mass is 10.2. The third kappa shape index (κ3) is 7.77. The number of hydrogen-bond acceptors (Lipinski definition) is 6. The maximum Gasteiger partial charge on any atom is 0.269 e. The van der Waals surface area contributed by atoms with Gasteiger partial charge in [-0.1, -0.05) is 46.9 Å². The van der Waals surface area contributed by atoms with Crippen LogP contribution in [0, 0.1) is 20.2 Å². The van der Waals surface area contributed by atoms with Crippen LogP contribution in [-0.2, 0) is 13.1 Å². The van der Waals surface area contributed by atoms with E-state index in [1.165, 1.54) is 44.7 Å². The number of aromatic nitrogens is 2. The van der Waals surface area contributed by atoms with E-state index in [1.54, 1.807) is 46.9 Å². The second-order valence-electron chi connectivity index (χ2n) is 9.84. The Morgan fingerprint density at radius 2 is 0.933 bits per heavy atom. The largest absolute Gasteiger partial charge is 1.00 e. The predicted molar refractivity (Wildman–Crippen MR) is 173 cm³/mol. The van der Waals surface area contributed by atoms with Gasteiger partial charge in [-0.05, 0) is 59.7 Å². The van der Waals surface area contributed by atoms with Crippen molar-refractivity contribution in [1.82, 2.24) is 0 Å². The van der Waals surface area contributed by atoms with Gasteiger partial charge in [0.15, 0.2) is 13.1 Å². The highest BCUT2D eigenvalue weighted by atomic mass is 79.9. The molecule has 45 heavy (non-hydrogen) atoms. The van der Waals surface area contributed by atoms with Crippen molar-refractivity contribution in [1.29, 1.82) is 0 Å². The molecule has 2 heterocycles. The van der Waals surface area contributed by atoms with Gasteiger partial charge in [-0.2, -0.15) is 9.13 Å². The Balaban J connectivity index is 0.00000230. The average Bonchev–Trinajstić information content (AvgIpc) is 3.57. The van der Waals surface area contributed by atoms with Gasteiger partial charge in [-0.3, -0.25) is 20.2 Å².